The molecule has 21 heavy (non-hydrogen) atoms. The highest BCUT2D eigenvalue weighted by Crippen LogP contribution is 2.35. The van der Waals surface area contributed by atoms with Crippen LogP contribution in [-0.4, -0.2) is 26.7 Å². The van der Waals surface area contributed by atoms with Crippen LogP contribution in [0.4, 0.5) is 5.69 Å². The van der Waals surface area contributed by atoms with Crippen LogP contribution in [0.3, 0.4) is 0 Å². The molecule has 120 valence electrons. The molecule has 0 saturated heterocycles. The lowest BCUT2D eigenvalue weighted by Gasteiger charge is -2.34. The Morgan fingerprint density at radius 2 is 1.95 bits per heavy atom. The third-order valence-electron chi connectivity index (χ3n) is 4.31. The van der Waals surface area contributed by atoms with Crippen molar-refractivity contribution in [3.05, 3.63) is 23.8 Å². The fourth-order valence-electron chi connectivity index (χ4n) is 2.67. The van der Waals surface area contributed by atoms with E-state index in [0.29, 0.717) is 6.04 Å². The number of hydrogen-bond donors (Lipinski definition) is 1. The van der Waals surface area contributed by atoms with E-state index < -0.39 is 0 Å². The van der Waals surface area contributed by atoms with Crippen molar-refractivity contribution >= 4 is 5.69 Å². The van der Waals surface area contributed by atoms with Gasteiger partial charge >= 0.3 is 0 Å². The van der Waals surface area contributed by atoms with Crippen LogP contribution in [0.2, 0.25) is 0 Å². The Morgan fingerprint density at radius 1 is 1.24 bits per heavy atom. The molecular weight excluding hydrogens is 260 g/mol. The van der Waals surface area contributed by atoms with Gasteiger partial charge < -0.3 is 15.0 Å². The molecule has 1 aromatic carbocycles. The predicted molar refractivity (Wildman–Crippen MR) is 92.5 cm³/mol. The number of rotatable bonds is 9. The fraction of sp³-hybridized carbons (Fsp3) is 0.667. The average Bonchev–Trinajstić information content (AvgIpc) is 2.53. The van der Waals surface area contributed by atoms with Crippen molar-refractivity contribution in [3.63, 3.8) is 0 Å². The topological polar surface area (TPSA) is 24.5 Å². The zero-order valence-electron chi connectivity index (χ0n) is 14.6. The molecule has 0 heterocycles. The third kappa shape index (κ3) is 4.37. The number of unbranched alkanes of at least 4 members (excludes halogenated alkanes) is 1. The number of nitrogens with zero attached hydrogens (tertiary/aromatic N) is 1. The van der Waals surface area contributed by atoms with E-state index in [2.05, 4.69) is 56.1 Å². The summed E-state index contributed by atoms with van der Waals surface area (Å²) in [7, 11) is 3.76. The summed E-state index contributed by atoms with van der Waals surface area (Å²) in [6, 6.07) is 7.19. The van der Waals surface area contributed by atoms with Gasteiger partial charge in [0.15, 0.2) is 0 Å². The highest BCUT2D eigenvalue weighted by molar-refractivity contribution is 5.61. The Hall–Kier alpha value is -1.22. The molecule has 2 unspecified atom stereocenters. The van der Waals surface area contributed by atoms with Gasteiger partial charge in [-0.2, -0.15) is 0 Å². The highest BCUT2D eigenvalue weighted by Gasteiger charge is 2.21. The summed E-state index contributed by atoms with van der Waals surface area (Å²) < 4.78 is 5.61. The Morgan fingerprint density at radius 3 is 2.48 bits per heavy atom. The van der Waals surface area contributed by atoms with E-state index in [-0.39, 0.29) is 6.04 Å². The Kier molecular flexibility index (Phi) is 7.58. The molecule has 0 bridgehead atoms. The van der Waals surface area contributed by atoms with Crippen molar-refractivity contribution in [2.75, 3.05) is 25.6 Å². The van der Waals surface area contributed by atoms with Crippen LogP contribution in [0.25, 0.3) is 0 Å². The summed E-state index contributed by atoms with van der Waals surface area (Å²) in [5, 5.41) is 3.36. The molecule has 0 radical (unpaired) electrons. The lowest BCUT2D eigenvalue weighted by molar-refractivity contribution is 0.403. The van der Waals surface area contributed by atoms with Gasteiger partial charge in [-0.25, -0.2) is 0 Å². The summed E-state index contributed by atoms with van der Waals surface area (Å²) in [6.45, 7) is 10.1. The zero-order valence-corrected chi connectivity index (χ0v) is 14.6. The van der Waals surface area contributed by atoms with Crippen LogP contribution in [0.5, 0.6) is 5.75 Å². The van der Waals surface area contributed by atoms with E-state index in [1.807, 2.05) is 7.05 Å². The lowest BCUT2D eigenvalue weighted by Crippen LogP contribution is -2.35. The zero-order chi connectivity index (χ0) is 15.8. The second kappa shape index (κ2) is 8.93. The molecule has 0 fully saturated rings. The van der Waals surface area contributed by atoms with Gasteiger partial charge in [-0.15, -0.1) is 0 Å². The Labute approximate surface area is 130 Å². The van der Waals surface area contributed by atoms with E-state index in [0.717, 1.165) is 18.7 Å². The summed E-state index contributed by atoms with van der Waals surface area (Å²) in [5.41, 5.74) is 2.57. The van der Waals surface area contributed by atoms with Gasteiger partial charge in [-0.1, -0.05) is 26.3 Å². The van der Waals surface area contributed by atoms with Gasteiger partial charge in [-0.05, 0) is 45.9 Å². The smallest absolute Gasteiger partial charge is 0.125 e. The predicted octanol–water partition coefficient (Wildman–Crippen LogP) is 4.38. The average molecular weight is 292 g/mol. The molecule has 0 spiro atoms. The van der Waals surface area contributed by atoms with Crippen molar-refractivity contribution in [2.45, 2.75) is 59.0 Å². The fourth-order valence-corrected chi connectivity index (χ4v) is 2.67. The van der Waals surface area contributed by atoms with Crippen LogP contribution in [0.1, 0.15) is 58.6 Å². The number of nitrogens with one attached hydrogen (secondary N) is 1. The van der Waals surface area contributed by atoms with Crippen molar-refractivity contribution < 1.29 is 4.74 Å². The molecule has 0 amide bonds. The van der Waals surface area contributed by atoms with Gasteiger partial charge in [-0.3, -0.25) is 0 Å². The number of hydrogen-bond acceptors (Lipinski definition) is 3. The van der Waals surface area contributed by atoms with E-state index in [9.17, 15) is 0 Å². The van der Waals surface area contributed by atoms with Gasteiger partial charge in [0.2, 0.25) is 0 Å². The summed E-state index contributed by atoms with van der Waals surface area (Å²) in [6.07, 6.45) is 3.58. The van der Waals surface area contributed by atoms with Gasteiger partial charge in [0.1, 0.15) is 5.75 Å². The molecule has 0 saturated carbocycles. The van der Waals surface area contributed by atoms with Gasteiger partial charge in [0, 0.05) is 29.9 Å². The van der Waals surface area contributed by atoms with Crippen molar-refractivity contribution in [2.24, 2.45) is 0 Å². The molecule has 0 aliphatic heterocycles. The highest BCUT2D eigenvalue weighted by atomic mass is 16.5. The monoisotopic (exact) mass is 292 g/mol. The molecule has 3 nitrogen and oxygen atoms in total. The maximum Gasteiger partial charge on any atom is 0.125 e. The van der Waals surface area contributed by atoms with Crippen LogP contribution in [0, 0.1) is 0 Å². The van der Waals surface area contributed by atoms with E-state index in [4.69, 9.17) is 4.74 Å². The standard InChI is InChI=1S/C18H32N2O/c1-7-9-13-20(14(3)8-2)16-11-10-12-17(21-6)18(16)15(4)19-5/h10-12,14-15,19H,7-9,13H2,1-6H3. The first-order valence-corrected chi connectivity index (χ1v) is 8.21. The van der Waals surface area contributed by atoms with Crippen LogP contribution in [-0.2, 0) is 0 Å². The SMILES string of the molecule is CCCCN(c1cccc(OC)c1C(C)NC)C(C)CC. The first kappa shape index (κ1) is 17.8. The largest absolute Gasteiger partial charge is 0.496 e. The molecule has 3 heteroatoms. The molecule has 0 aromatic heterocycles. The van der Waals surface area contributed by atoms with Gasteiger partial charge in [0.05, 0.1) is 7.11 Å². The summed E-state index contributed by atoms with van der Waals surface area (Å²) in [5.74, 6) is 0.971. The first-order valence-electron chi connectivity index (χ1n) is 8.21. The quantitative estimate of drug-likeness (QED) is 0.731. The van der Waals surface area contributed by atoms with Crippen LogP contribution in [0.15, 0.2) is 18.2 Å². The Balaban J connectivity index is 3.28. The van der Waals surface area contributed by atoms with Crippen molar-refractivity contribution in [3.8, 4) is 5.75 Å². The van der Waals surface area contributed by atoms with Crippen LogP contribution < -0.4 is 15.0 Å². The molecule has 1 N–H and O–H groups in total. The number of anilines is 1. The normalized spacial score (nSPS) is 13.8. The van der Waals surface area contributed by atoms with Gasteiger partial charge in [0.25, 0.3) is 0 Å². The van der Waals surface area contributed by atoms with Crippen LogP contribution >= 0.6 is 0 Å². The van der Waals surface area contributed by atoms with Crippen molar-refractivity contribution in [1.29, 1.82) is 0 Å². The second-order valence-electron chi connectivity index (χ2n) is 5.71. The minimum atomic E-state index is 0.268. The Bertz CT molecular complexity index is 420. The van der Waals surface area contributed by atoms with Crippen molar-refractivity contribution in [1.82, 2.24) is 5.32 Å². The molecule has 1 rings (SSSR count). The minimum Gasteiger partial charge on any atom is -0.496 e. The summed E-state index contributed by atoms with van der Waals surface area (Å²) in [4.78, 5) is 2.54. The molecule has 0 aliphatic carbocycles. The molecule has 1 aromatic rings. The maximum atomic E-state index is 5.61. The van der Waals surface area contributed by atoms with E-state index in [1.165, 1.54) is 24.1 Å². The maximum absolute atomic E-state index is 5.61. The van der Waals surface area contributed by atoms with E-state index >= 15 is 0 Å². The molecular formula is C18H32N2O. The first-order chi connectivity index (χ1) is 10.1. The summed E-state index contributed by atoms with van der Waals surface area (Å²) >= 11 is 0. The number of methoxy groups -OCH3 is 1. The molecule has 0 aliphatic rings. The number of benzene rings is 1. The van der Waals surface area contributed by atoms with E-state index in [1.54, 1.807) is 7.11 Å². The number of ether oxygens (including phenoxy) is 1. The third-order valence-corrected chi connectivity index (χ3v) is 4.31. The minimum absolute atomic E-state index is 0.268. The molecule has 2 atom stereocenters. The second-order valence-corrected chi connectivity index (χ2v) is 5.71. The lowest BCUT2D eigenvalue weighted by atomic mass is 10.0.